The fourth-order valence-corrected chi connectivity index (χ4v) is 1.61. The predicted molar refractivity (Wildman–Crippen MR) is 44.3 cm³/mol. The van der Waals surface area contributed by atoms with E-state index in [0.29, 0.717) is 5.92 Å². The highest BCUT2D eigenvalue weighted by Gasteiger charge is 2.27. The van der Waals surface area contributed by atoms with Crippen LogP contribution in [0.5, 0.6) is 0 Å². The Morgan fingerprint density at radius 2 is 2.27 bits per heavy atom. The molecule has 1 saturated carbocycles. The van der Waals surface area contributed by atoms with E-state index in [1.165, 1.54) is 0 Å². The van der Waals surface area contributed by atoms with Crippen molar-refractivity contribution in [1.29, 1.82) is 0 Å². The standard InChI is InChI=1S/C9H16O2/c1-3-7-4-5-8(10)9(6-7)11-2/h3,7-10H,1,4-6H2,2H3. The van der Waals surface area contributed by atoms with Crippen molar-refractivity contribution in [3.05, 3.63) is 12.7 Å². The minimum absolute atomic E-state index is 0.0201. The van der Waals surface area contributed by atoms with Gasteiger partial charge in [-0.15, -0.1) is 6.58 Å². The zero-order chi connectivity index (χ0) is 8.27. The summed E-state index contributed by atoms with van der Waals surface area (Å²) >= 11 is 0. The van der Waals surface area contributed by atoms with Gasteiger partial charge < -0.3 is 9.84 Å². The van der Waals surface area contributed by atoms with E-state index in [1.54, 1.807) is 7.11 Å². The van der Waals surface area contributed by atoms with E-state index in [0.717, 1.165) is 19.3 Å². The Labute approximate surface area is 67.9 Å². The fraction of sp³-hybridized carbons (Fsp3) is 0.778. The second-order valence-corrected chi connectivity index (χ2v) is 3.15. The molecule has 1 aliphatic carbocycles. The van der Waals surface area contributed by atoms with Gasteiger partial charge in [-0.25, -0.2) is 0 Å². The lowest BCUT2D eigenvalue weighted by Crippen LogP contribution is -2.34. The van der Waals surface area contributed by atoms with Gasteiger partial charge in [0.1, 0.15) is 0 Å². The number of aliphatic hydroxyl groups excluding tert-OH is 1. The van der Waals surface area contributed by atoms with Gasteiger partial charge in [-0.1, -0.05) is 6.08 Å². The summed E-state index contributed by atoms with van der Waals surface area (Å²) in [5.74, 6) is 0.531. The van der Waals surface area contributed by atoms with Crippen LogP contribution in [0.2, 0.25) is 0 Å². The summed E-state index contributed by atoms with van der Waals surface area (Å²) < 4.78 is 5.14. The van der Waals surface area contributed by atoms with E-state index in [-0.39, 0.29) is 12.2 Å². The van der Waals surface area contributed by atoms with E-state index < -0.39 is 0 Å². The minimum atomic E-state index is -0.267. The molecule has 0 amide bonds. The van der Waals surface area contributed by atoms with E-state index in [4.69, 9.17) is 4.74 Å². The summed E-state index contributed by atoms with van der Waals surface area (Å²) in [5.41, 5.74) is 0. The molecule has 0 saturated heterocycles. The molecular weight excluding hydrogens is 140 g/mol. The van der Waals surface area contributed by atoms with Crippen LogP contribution in [0.4, 0.5) is 0 Å². The summed E-state index contributed by atoms with van der Waals surface area (Å²) in [7, 11) is 1.65. The Bertz CT molecular complexity index is 134. The van der Waals surface area contributed by atoms with Crippen LogP contribution in [0.15, 0.2) is 12.7 Å². The topological polar surface area (TPSA) is 29.5 Å². The molecule has 11 heavy (non-hydrogen) atoms. The molecule has 3 atom stereocenters. The third-order valence-electron chi connectivity index (χ3n) is 2.43. The summed E-state index contributed by atoms with van der Waals surface area (Å²) in [4.78, 5) is 0. The van der Waals surface area contributed by atoms with Gasteiger partial charge in [0.25, 0.3) is 0 Å². The van der Waals surface area contributed by atoms with Crippen LogP contribution in [0.25, 0.3) is 0 Å². The van der Waals surface area contributed by atoms with Crippen LogP contribution in [0.3, 0.4) is 0 Å². The number of allylic oxidation sites excluding steroid dienone is 1. The van der Waals surface area contributed by atoms with Crippen molar-refractivity contribution >= 4 is 0 Å². The summed E-state index contributed by atoms with van der Waals surface area (Å²) in [6, 6.07) is 0. The van der Waals surface area contributed by atoms with Crippen molar-refractivity contribution in [1.82, 2.24) is 0 Å². The highest BCUT2D eigenvalue weighted by Crippen LogP contribution is 2.26. The first-order chi connectivity index (χ1) is 5.27. The number of hydrogen-bond donors (Lipinski definition) is 1. The molecule has 0 spiro atoms. The van der Waals surface area contributed by atoms with Gasteiger partial charge >= 0.3 is 0 Å². The molecule has 1 N–H and O–H groups in total. The van der Waals surface area contributed by atoms with Crippen molar-refractivity contribution in [2.75, 3.05) is 7.11 Å². The number of ether oxygens (including phenoxy) is 1. The second-order valence-electron chi connectivity index (χ2n) is 3.15. The number of hydrogen-bond acceptors (Lipinski definition) is 2. The first kappa shape index (κ1) is 8.75. The van der Waals surface area contributed by atoms with Gasteiger partial charge in [-0.2, -0.15) is 0 Å². The van der Waals surface area contributed by atoms with Crippen molar-refractivity contribution in [3.8, 4) is 0 Å². The second kappa shape index (κ2) is 3.88. The number of methoxy groups -OCH3 is 1. The molecule has 0 aromatic carbocycles. The lowest BCUT2D eigenvalue weighted by molar-refractivity contribution is -0.0448. The highest BCUT2D eigenvalue weighted by molar-refractivity contribution is 4.88. The molecule has 3 unspecified atom stereocenters. The van der Waals surface area contributed by atoms with Gasteiger partial charge in [-0.05, 0) is 25.2 Å². The van der Waals surface area contributed by atoms with Crippen LogP contribution >= 0.6 is 0 Å². The van der Waals surface area contributed by atoms with Crippen molar-refractivity contribution in [2.24, 2.45) is 5.92 Å². The molecule has 0 aliphatic heterocycles. The molecule has 0 radical (unpaired) electrons. The zero-order valence-corrected chi connectivity index (χ0v) is 6.99. The summed E-state index contributed by atoms with van der Waals surface area (Å²) in [6.07, 6.45) is 4.52. The largest absolute Gasteiger partial charge is 0.390 e. The average Bonchev–Trinajstić information content (AvgIpc) is 2.05. The van der Waals surface area contributed by atoms with E-state index in [9.17, 15) is 5.11 Å². The number of aliphatic hydroxyl groups is 1. The van der Waals surface area contributed by atoms with Crippen molar-refractivity contribution in [2.45, 2.75) is 31.5 Å². The molecule has 0 bridgehead atoms. The van der Waals surface area contributed by atoms with E-state index >= 15 is 0 Å². The van der Waals surface area contributed by atoms with Gasteiger partial charge in [0, 0.05) is 7.11 Å². The smallest absolute Gasteiger partial charge is 0.0835 e. The first-order valence-corrected chi connectivity index (χ1v) is 4.11. The van der Waals surface area contributed by atoms with E-state index in [1.807, 2.05) is 6.08 Å². The Kier molecular flexibility index (Phi) is 3.09. The molecule has 1 fully saturated rings. The van der Waals surface area contributed by atoms with Crippen LogP contribution in [0.1, 0.15) is 19.3 Å². The molecule has 1 rings (SSSR count). The molecule has 0 aromatic rings. The maximum atomic E-state index is 9.42. The molecular formula is C9H16O2. The fourth-order valence-electron chi connectivity index (χ4n) is 1.61. The summed E-state index contributed by atoms with van der Waals surface area (Å²) in [5, 5.41) is 9.42. The van der Waals surface area contributed by atoms with Gasteiger partial charge in [0.15, 0.2) is 0 Å². The average molecular weight is 156 g/mol. The molecule has 1 aliphatic rings. The molecule has 64 valence electrons. The highest BCUT2D eigenvalue weighted by atomic mass is 16.5. The Morgan fingerprint density at radius 3 is 2.82 bits per heavy atom. The van der Waals surface area contributed by atoms with Crippen LogP contribution in [-0.2, 0) is 4.74 Å². The molecule has 0 heterocycles. The first-order valence-electron chi connectivity index (χ1n) is 4.11. The number of rotatable bonds is 2. The molecule has 2 nitrogen and oxygen atoms in total. The molecule has 0 aromatic heterocycles. The zero-order valence-electron chi connectivity index (χ0n) is 6.99. The van der Waals surface area contributed by atoms with Crippen molar-refractivity contribution < 1.29 is 9.84 Å². The third-order valence-corrected chi connectivity index (χ3v) is 2.43. The predicted octanol–water partition coefficient (Wildman–Crippen LogP) is 1.35. The van der Waals surface area contributed by atoms with Gasteiger partial charge in [-0.3, -0.25) is 0 Å². The Hall–Kier alpha value is -0.340. The monoisotopic (exact) mass is 156 g/mol. The van der Waals surface area contributed by atoms with Gasteiger partial charge in [0.05, 0.1) is 12.2 Å². The van der Waals surface area contributed by atoms with Gasteiger partial charge in [0.2, 0.25) is 0 Å². The minimum Gasteiger partial charge on any atom is -0.390 e. The maximum Gasteiger partial charge on any atom is 0.0835 e. The lowest BCUT2D eigenvalue weighted by Gasteiger charge is -2.30. The van der Waals surface area contributed by atoms with Crippen LogP contribution in [-0.4, -0.2) is 24.4 Å². The maximum absolute atomic E-state index is 9.42. The Morgan fingerprint density at radius 1 is 1.55 bits per heavy atom. The SMILES string of the molecule is C=CC1CCC(O)C(OC)C1. The normalized spacial score (nSPS) is 38.5. The summed E-state index contributed by atoms with van der Waals surface area (Å²) in [6.45, 7) is 3.74. The third kappa shape index (κ3) is 2.04. The van der Waals surface area contributed by atoms with Crippen LogP contribution < -0.4 is 0 Å². The quantitative estimate of drug-likeness (QED) is 0.611. The molecule has 2 heteroatoms. The van der Waals surface area contributed by atoms with Crippen molar-refractivity contribution in [3.63, 3.8) is 0 Å². The van der Waals surface area contributed by atoms with Crippen LogP contribution in [0, 0.1) is 5.92 Å². The Balaban J connectivity index is 2.43. The van der Waals surface area contributed by atoms with E-state index in [2.05, 4.69) is 6.58 Å². The lowest BCUT2D eigenvalue weighted by atomic mass is 9.85.